The summed E-state index contributed by atoms with van der Waals surface area (Å²) in [6.07, 6.45) is 0.727. The first-order chi connectivity index (χ1) is 8.08. The lowest BCUT2D eigenvalue weighted by Crippen LogP contribution is -2.39. The summed E-state index contributed by atoms with van der Waals surface area (Å²) in [5.41, 5.74) is 0.0732. The topological polar surface area (TPSA) is 78.8 Å². The summed E-state index contributed by atoms with van der Waals surface area (Å²) in [4.78, 5) is 11.9. The first-order valence-corrected chi connectivity index (χ1v) is 5.52. The maximum Gasteiger partial charge on any atom is 0.255 e. The van der Waals surface area contributed by atoms with Gasteiger partial charge in [-0.1, -0.05) is 0 Å². The molecule has 2 unspecified atom stereocenters. The van der Waals surface area contributed by atoms with Crippen LogP contribution >= 0.6 is 0 Å². The lowest BCUT2D eigenvalue weighted by Gasteiger charge is -2.16. The molecule has 1 saturated heterocycles. The molecule has 1 aromatic rings. The van der Waals surface area contributed by atoms with Crippen LogP contribution in [0.5, 0.6) is 11.5 Å². The molecule has 0 saturated carbocycles. The van der Waals surface area contributed by atoms with Crippen molar-refractivity contribution in [1.29, 1.82) is 0 Å². The van der Waals surface area contributed by atoms with E-state index in [2.05, 4.69) is 5.32 Å². The monoisotopic (exact) mass is 237 g/mol. The number of benzene rings is 1. The second-order valence-corrected chi connectivity index (χ2v) is 4.15. The molecular formula is C12H15NO4. The number of carbonyl (C=O) groups is 1. The van der Waals surface area contributed by atoms with Crippen LogP contribution in [0, 0.1) is 0 Å². The predicted octanol–water partition coefficient (Wildman–Crippen LogP) is 1.01. The number of rotatable bonds is 2. The zero-order valence-electron chi connectivity index (χ0n) is 9.51. The zero-order chi connectivity index (χ0) is 12.4. The lowest BCUT2D eigenvalue weighted by atomic mass is 10.1. The van der Waals surface area contributed by atoms with E-state index in [1.54, 1.807) is 0 Å². The third-order valence-electron chi connectivity index (χ3n) is 2.92. The van der Waals surface area contributed by atoms with E-state index in [0.717, 1.165) is 6.42 Å². The zero-order valence-corrected chi connectivity index (χ0v) is 9.51. The van der Waals surface area contributed by atoms with Gasteiger partial charge in [0.2, 0.25) is 0 Å². The minimum absolute atomic E-state index is 0.0293. The highest BCUT2D eigenvalue weighted by Crippen LogP contribution is 2.22. The van der Waals surface area contributed by atoms with Gasteiger partial charge in [-0.05, 0) is 31.5 Å². The highest BCUT2D eigenvalue weighted by molar-refractivity contribution is 5.97. The molecule has 1 aliphatic rings. The molecule has 5 heteroatoms. The smallest absolute Gasteiger partial charge is 0.255 e. The third-order valence-corrected chi connectivity index (χ3v) is 2.92. The molecule has 2 atom stereocenters. The van der Waals surface area contributed by atoms with Gasteiger partial charge in [-0.15, -0.1) is 0 Å². The number of hydrogen-bond acceptors (Lipinski definition) is 4. The van der Waals surface area contributed by atoms with E-state index in [0.29, 0.717) is 6.61 Å². The van der Waals surface area contributed by atoms with Gasteiger partial charge in [0, 0.05) is 6.61 Å². The summed E-state index contributed by atoms with van der Waals surface area (Å²) in [7, 11) is 0. The first kappa shape index (κ1) is 11.7. The second kappa shape index (κ2) is 4.63. The van der Waals surface area contributed by atoms with Gasteiger partial charge in [0.25, 0.3) is 5.91 Å². The Kier molecular flexibility index (Phi) is 3.19. The molecule has 2 rings (SSSR count). The maximum absolute atomic E-state index is 11.9. The fourth-order valence-corrected chi connectivity index (χ4v) is 1.87. The molecule has 0 bridgehead atoms. The Bertz CT molecular complexity index is 433. The van der Waals surface area contributed by atoms with E-state index >= 15 is 0 Å². The summed E-state index contributed by atoms with van der Waals surface area (Å²) in [5, 5.41) is 21.6. The molecule has 1 fully saturated rings. The average Bonchev–Trinajstić information content (AvgIpc) is 2.68. The van der Waals surface area contributed by atoms with Gasteiger partial charge in [-0.2, -0.15) is 0 Å². The summed E-state index contributed by atoms with van der Waals surface area (Å²) in [6, 6.07) is 3.81. The van der Waals surface area contributed by atoms with E-state index in [1.807, 2.05) is 6.92 Å². The molecule has 0 aliphatic carbocycles. The molecule has 3 N–H and O–H groups in total. The highest BCUT2D eigenvalue weighted by atomic mass is 16.5. The Morgan fingerprint density at radius 1 is 1.47 bits per heavy atom. The minimum atomic E-state index is -0.402. The highest BCUT2D eigenvalue weighted by Gasteiger charge is 2.26. The van der Waals surface area contributed by atoms with Crippen LogP contribution in [0.15, 0.2) is 18.2 Å². The molecule has 0 radical (unpaired) electrons. The van der Waals surface area contributed by atoms with E-state index in [-0.39, 0.29) is 29.2 Å². The average molecular weight is 237 g/mol. The van der Waals surface area contributed by atoms with Gasteiger partial charge >= 0.3 is 0 Å². The number of nitrogens with one attached hydrogen (secondary N) is 1. The van der Waals surface area contributed by atoms with Crippen molar-refractivity contribution in [1.82, 2.24) is 5.32 Å². The Balaban J connectivity index is 2.11. The molecule has 5 nitrogen and oxygen atoms in total. The van der Waals surface area contributed by atoms with Crippen LogP contribution in [0.4, 0.5) is 0 Å². The quantitative estimate of drug-likeness (QED) is 0.671. The predicted molar refractivity (Wildman–Crippen MR) is 61.1 cm³/mol. The molecule has 1 aliphatic heterocycles. The standard InChI is InChI=1S/C12H15NO4/c1-7-10(4-5-17-7)13-12(16)9-6-8(14)2-3-11(9)15/h2-3,6-7,10,14-15H,4-5H2,1H3,(H,13,16). The fraction of sp³-hybridized carbons (Fsp3) is 0.417. The molecular weight excluding hydrogens is 222 g/mol. The van der Waals surface area contributed by atoms with Crippen molar-refractivity contribution in [2.24, 2.45) is 0 Å². The van der Waals surface area contributed by atoms with Gasteiger partial charge in [-0.25, -0.2) is 0 Å². The molecule has 0 spiro atoms. The van der Waals surface area contributed by atoms with Crippen LogP contribution in [0.2, 0.25) is 0 Å². The van der Waals surface area contributed by atoms with Gasteiger partial charge in [0.1, 0.15) is 11.5 Å². The molecule has 1 heterocycles. The molecule has 92 valence electrons. The van der Waals surface area contributed by atoms with Crippen LogP contribution in [-0.4, -0.2) is 34.9 Å². The Hall–Kier alpha value is -1.75. The Morgan fingerprint density at radius 3 is 2.88 bits per heavy atom. The maximum atomic E-state index is 11.9. The van der Waals surface area contributed by atoms with Gasteiger partial charge < -0.3 is 20.3 Å². The number of phenolic OH excluding ortho intramolecular Hbond substituents is 2. The third kappa shape index (κ3) is 2.50. The van der Waals surface area contributed by atoms with Crippen LogP contribution in [-0.2, 0) is 4.74 Å². The molecule has 1 aromatic carbocycles. The van der Waals surface area contributed by atoms with Crippen molar-refractivity contribution in [2.75, 3.05) is 6.61 Å². The van der Waals surface area contributed by atoms with Crippen LogP contribution in [0.25, 0.3) is 0 Å². The molecule has 17 heavy (non-hydrogen) atoms. The minimum Gasteiger partial charge on any atom is -0.508 e. The van der Waals surface area contributed by atoms with Gasteiger partial charge in [0.15, 0.2) is 0 Å². The first-order valence-electron chi connectivity index (χ1n) is 5.52. The largest absolute Gasteiger partial charge is 0.508 e. The number of aromatic hydroxyl groups is 2. The number of hydrogen-bond donors (Lipinski definition) is 3. The van der Waals surface area contributed by atoms with E-state index in [9.17, 15) is 15.0 Å². The van der Waals surface area contributed by atoms with E-state index < -0.39 is 5.91 Å². The normalized spacial score (nSPS) is 23.6. The second-order valence-electron chi connectivity index (χ2n) is 4.15. The van der Waals surface area contributed by atoms with Gasteiger partial charge in [0.05, 0.1) is 17.7 Å². The van der Waals surface area contributed by atoms with Crippen molar-refractivity contribution in [3.05, 3.63) is 23.8 Å². The number of phenols is 2. The van der Waals surface area contributed by atoms with Gasteiger partial charge in [-0.3, -0.25) is 4.79 Å². The SMILES string of the molecule is CC1OCCC1NC(=O)c1cc(O)ccc1O. The summed E-state index contributed by atoms with van der Waals surface area (Å²) in [5.74, 6) is -0.601. The summed E-state index contributed by atoms with van der Waals surface area (Å²) >= 11 is 0. The van der Waals surface area contributed by atoms with Crippen molar-refractivity contribution in [3.8, 4) is 11.5 Å². The lowest BCUT2D eigenvalue weighted by molar-refractivity contribution is 0.0863. The Labute approximate surface area is 99.0 Å². The number of ether oxygens (including phenoxy) is 1. The fourth-order valence-electron chi connectivity index (χ4n) is 1.87. The summed E-state index contributed by atoms with van der Waals surface area (Å²) in [6.45, 7) is 2.51. The summed E-state index contributed by atoms with van der Waals surface area (Å²) < 4.78 is 5.33. The van der Waals surface area contributed by atoms with Crippen molar-refractivity contribution in [2.45, 2.75) is 25.5 Å². The number of carbonyl (C=O) groups excluding carboxylic acids is 1. The Morgan fingerprint density at radius 2 is 2.24 bits per heavy atom. The van der Waals surface area contributed by atoms with Crippen molar-refractivity contribution in [3.63, 3.8) is 0 Å². The number of amides is 1. The molecule has 0 aromatic heterocycles. The molecule has 1 amide bonds. The van der Waals surface area contributed by atoms with E-state index in [4.69, 9.17) is 4.74 Å². The van der Waals surface area contributed by atoms with Crippen LogP contribution in [0.3, 0.4) is 0 Å². The van der Waals surface area contributed by atoms with Crippen LogP contribution in [0.1, 0.15) is 23.7 Å². The van der Waals surface area contributed by atoms with Crippen LogP contribution < -0.4 is 5.32 Å². The van der Waals surface area contributed by atoms with E-state index in [1.165, 1.54) is 18.2 Å². The van der Waals surface area contributed by atoms with Crippen molar-refractivity contribution < 1.29 is 19.7 Å². The van der Waals surface area contributed by atoms with Crippen molar-refractivity contribution >= 4 is 5.91 Å².